The molecule has 0 radical (unpaired) electrons. The zero-order chi connectivity index (χ0) is 17.3. The third-order valence-electron chi connectivity index (χ3n) is 3.83. The van der Waals surface area contributed by atoms with Crippen LogP contribution in [0, 0.1) is 0 Å². The molecular formula is C17H17N3O3S. The van der Waals surface area contributed by atoms with Crippen molar-refractivity contribution < 1.29 is 13.2 Å². The highest BCUT2D eigenvalue weighted by Crippen LogP contribution is 2.22. The standard InChI is InChI=1S/C17H17N3O3S/c1-11(24(2,22)23)17(21)18-13-9-7-12(8-10-13)16-19-14-5-3-4-6-15(14)20-16/h3-11H,1-2H3,(H,18,21)(H,19,20)/t11-/m1/s1. The summed E-state index contributed by atoms with van der Waals surface area (Å²) in [5, 5.41) is 1.51. The first-order chi connectivity index (χ1) is 11.3. The monoisotopic (exact) mass is 343 g/mol. The lowest BCUT2D eigenvalue weighted by Gasteiger charge is -2.10. The predicted molar refractivity (Wildman–Crippen MR) is 94.5 cm³/mol. The molecule has 1 heterocycles. The van der Waals surface area contributed by atoms with Crippen LogP contribution in [0.25, 0.3) is 22.4 Å². The Labute approximate surface area is 139 Å². The van der Waals surface area contributed by atoms with E-state index >= 15 is 0 Å². The van der Waals surface area contributed by atoms with Crippen LogP contribution in [0.1, 0.15) is 6.92 Å². The second-order valence-corrected chi connectivity index (χ2v) is 8.01. The van der Waals surface area contributed by atoms with Crippen LogP contribution in [-0.2, 0) is 14.6 Å². The van der Waals surface area contributed by atoms with Crippen LogP contribution in [0.15, 0.2) is 48.5 Å². The van der Waals surface area contributed by atoms with Crippen molar-refractivity contribution in [3.05, 3.63) is 48.5 Å². The van der Waals surface area contributed by atoms with E-state index in [1.165, 1.54) is 6.92 Å². The summed E-state index contributed by atoms with van der Waals surface area (Å²) in [5.41, 5.74) is 3.24. The third-order valence-corrected chi connectivity index (χ3v) is 5.33. The van der Waals surface area contributed by atoms with E-state index in [-0.39, 0.29) is 0 Å². The van der Waals surface area contributed by atoms with Crippen LogP contribution in [0.3, 0.4) is 0 Å². The number of imidazole rings is 1. The molecule has 6 nitrogen and oxygen atoms in total. The fourth-order valence-electron chi connectivity index (χ4n) is 2.24. The summed E-state index contributed by atoms with van der Waals surface area (Å²) in [4.78, 5) is 19.7. The molecule has 3 aromatic rings. The quantitative estimate of drug-likeness (QED) is 0.761. The molecule has 7 heteroatoms. The Bertz CT molecular complexity index is 958. The van der Waals surface area contributed by atoms with Crippen LogP contribution in [0.2, 0.25) is 0 Å². The maximum Gasteiger partial charge on any atom is 0.242 e. The van der Waals surface area contributed by atoms with Gasteiger partial charge in [0.25, 0.3) is 0 Å². The van der Waals surface area contributed by atoms with Gasteiger partial charge in [-0.15, -0.1) is 0 Å². The second kappa shape index (κ2) is 6.09. The minimum absolute atomic E-state index is 0.537. The molecule has 0 saturated carbocycles. The van der Waals surface area contributed by atoms with Crippen LogP contribution < -0.4 is 5.32 Å². The zero-order valence-corrected chi connectivity index (χ0v) is 14.1. The number of benzene rings is 2. The number of rotatable bonds is 4. The molecule has 0 aliphatic carbocycles. The highest BCUT2D eigenvalue weighted by molar-refractivity contribution is 7.92. The molecule has 1 aromatic heterocycles. The van der Waals surface area contributed by atoms with Crippen LogP contribution >= 0.6 is 0 Å². The summed E-state index contributed by atoms with van der Waals surface area (Å²) >= 11 is 0. The number of para-hydroxylation sites is 2. The zero-order valence-electron chi connectivity index (χ0n) is 13.3. The number of anilines is 1. The number of fused-ring (bicyclic) bond motifs is 1. The van der Waals surface area contributed by atoms with Gasteiger partial charge in [0.2, 0.25) is 5.91 Å². The molecule has 24 heavy (non-hydrogen) atoms. The fourth-order valence-corrected chi connectivity index (χ4v) is 2.69. The van der Waals surface area contributed by atoms with Crippen LogP contribution in [0.5, 0.6) is 0 Å². The van der Waals surface area contributed by atoms with Crippen molar-refractivity contribution in [1.29, 1.82) is 0 Å². The Balaban J connectivity index is 1.79. The highest BCUT2D eigenvalue weighted by Gasteiger charge is 2.23. The number of hydrogen-bond donors (Lipinski definition) is 2. The van der Waals surface area contributed by atoms with Crippen molar-refractivity contribution in [2.24, 2.45) is 0 Å². The molecule has 0 spiro atoms. The Kier molecular flexibility index (Phi) is 4.11. The Morgan fingerprint density at radius 2 is 1.79 bits per heavy atom. The molecule has 0 bridgehead atoms. The molecule has 0 aliphatic rings. The lowest BCUT2D eigenvalue weighted by atomic mass is 10.2. The molecule has 124 valence electrons. The SMILES string of the molecule is C[C@H](C(=O)Nc1ccc(-c2nc3ccccc3[nH]2)cc1)S(C)(=O)=O. The van der Waals surface area contributed by atoms with Gasteiger partial charge in [-0.2, -0.15) is 0 Å². The second-order valence-electron chi connectivity index (χ2n) is 5.64. The van der Waals surface area contributed by atoms with E-state index in [0.29, 0.717) is 5.69 Å². The van der Waals surface area contributed by atoms with Gasteiger partial charge in [0, 0.05) is 17.5 Å². The molecule has 1 atom stereocenters. The van der Waals surface area contributed by atoms with E-state index in [0.717, 1.165) is 28.7 Å². The van der Waals surface area contributed by atoms with Crippen molar-refractivity contribution in [2.75, 3.05) is 11.6 Å². The van der Waals surface area contributed by atoms with E-state index in [1.54, 1.807) is 12.1 Å². The summed E-state index contributed by atoms with van der Waals surface area (Å²) in [6, 6.07) is 14.8. The number of sulfone groups is 1. The Morgan fingerprint density at radius 1 is 1.12 bits per heavy atom. The van der Waals surface area contributed by atoms with E-state index in [2.05, 4.69) is 15.3 Å². The van der Waals surface area contributed by atoms with E-state index in [1.807, 2.05) is 36.4 Å². The maximum atomic E-state index is 11.9. The number of hydrogen-bond acceptors (Lipinski definition) is 4. The number of H-pyrrole nitrogens is 1. The molecule has 1 amide bonds. The van der Waals surface area contributed by atoms with Gasteiger partial charge in [-0.25, -0.2) is 13.4 Å². The van der Waals surface area contributed by atoms with E-state index in [4.69, 9.17) is 0 Å². The first-order valence-corrected chi connectivity index (χ1v) is 9.35. The number of nitrogens with zero attached hydrogens (tertiary/aromatic N) is 1. The van der Waals surface area contributed by atoms with Crippen molar-refractivity contribution in [3.63, 3.8) is 0 Å². The van der Waals surface area contributed by atoms with Crippen LogP contribution in [-0.4, -0.2) is 35.8 Å². The Hall–Kier alpha value is -2.67. The number of carbonyl (C=O) groups is 1. The molecule has 2 aromatic carbocycles. The maximum absolute atomic E-state index is 11.9. The van der Waals surface area contributed by atoms with Crippen molar-refractivity contribution in [2.45, 2.75) is 12.2 Å². The Morgan fingerprint density at radius 3 is 2.42 bits per heavy atom. The summed E-state index contributed by atoms with van der Waals surface area (Å²) in [5.74, 6) is 0.188. The lowest BCUT2D eigenvalue weighted by molar-refractivity contribution is -0.115. The summed E-state index contributed by atoms with van der Waals surface area (Å²) in [6.45, 7) is 1.37. The minimum Gasteiger partial charge on any atom is -0.338 e. The summed E-state index contributed by atoms with van der Waals surface area (Å²) < 4.78 is 22.8. The molecule has 0 aliphatic heterocycles. The number of nitrogens with one attached hydrogen (secondary N) is 2. The van der Waals surface area contributed by atoms with Crippen molar-refractivity contribution >= 4 is 32.5 Å². The molecule has 0 saturated heterocycles. The number of aromatic nitrogens is 2. The first kappa shape index (κ1) is 16.2. The average Bonchev–Trinajstić information content (AvgIpc) is 2.98. The van der Waals surface area contributed by atoms with Crippen molar-refractivity contribution in [1.82, 2.24) is 9.97 Å². The van der Waals surface area contributed by atoms with Gasteiger partial charge in [0.1, 0.15) is 11.1 Å². The van der Waals surface area contributed by atoms with Crippen molar-refractivity contribution in [3.8, 4) is 11.4 Å². The predicted octanol–water partition coefficient (Wildman–Crippen LogP) is 2.60. The number of aromatic amines is 1. The fraction of sp³-hybridized carbons (Fsp3) is 0.176. The average molecular weight is 343 g/mol. The third kappa shape index (κ3) is 3.30. The first-order valence-electron chi connectivity index (χ1n) is 7.39. The largest absolute Gasteiger partial charge is 0.338 e. The molecule has 2 N–H and O–H groups in total. The van der Waals surface area contributed by atoms with Gasteiger partial charge in [-0.3, -0.25) is 4.79 Å². The summed E-state index contributed by atoms with van der Waals surface area (Å²) in [6.07, 6.45) is 1.04. The lowest BCUT2D eigenvalue weighted by Crippen LogP contribution is -2.31. The van der Waals surface area contributed by atoms with Gasteiger partial charge in [-0.05, 0) is 43.3 Å². The van der Waals surface area contributed by atoms with Gasteiger partial charge < -0.3 is 10.3 Å². The number of carbonyl (C=O) groups excluding carboxylic acids is 1. The normalized spacial score (nSPS) is 12.9. The van der Waals surface area contributed by atoms with Gasteiger partial charge in [0.05, 0.1) is 11.0 Å². The molecule has 3 rings (SSSR count). The van der Waals surface area contributed by atoms with E-state index < -0.39 is 21.0 Å². The highest BCUT2D eigenvalue weighted by atomic mass is 32.2. The van der Waals surface area contributed by atoms with Gasteiger partial charge >= 0.3 is 0 Å². The molecule has 0 fully saturated rings. The van der Waals surface area contributed by atoms with E-state index in [9.17, 15) is 13.2 Å². The molecular weight excluding hydrogens is 326 g/mol. The minimum atomic E-state index is -3.42. The number of amides is 1. The van der Waals surface area contributed by atoms with Crippen LogP contribution in [0.4, 0.5) is 5.69 Å². The summed E-state index contributed by atoms with van der Waals surface area (Å²) in [7, 11) is -3.42. The smallest absolute Gasteiger partial charge is 0.242 e. The van der Waals surface area contributed by atoms with Gasteiger partial charge in [-0.1, -0.05) is 12.1 Å². The molecule has 0 unspecified atom stereocenters. The van der Waals surface area contributed by atoms with Gasteiger partial charge in [0.15, 0.2) is 9.84 Å². The topological polar surface area (TPSA) is 91.9 Å².